The first-order chi connectivity index (χ1) is 10.1. The molecule has 1 heterocycles. The van der Waals surface area contributed by atoms with Gasteiger partial charge in [-0.05, 0) is 23.6 Å². The zero-order valence-corrected chi connectivity index (χ0v) is 12.9. The number of hydrogen-bond donors (Lipinski definition) is 1. The monoisotopic (exact) mass is 301 g/mol. The van der Waals surface area contributed by atoms with Gasteiger partial charge in [0.05, 0.1) is 10.4 Å². The van der Waals surface area contributed by atoms with Crippen LogP contribution in [0.15, 0.2) is 59.5 Å². The van der Waals surface area contributed by atoms with Gasteiger partial charge in [-0.25, -0.2) is 8.42 Å². The summed E-state index contributed by atoms with van der Waals surface area (Å²) in [6.45, 7) is 2.12. The van der Waals surface area contributed by atoms with Crippen LogP contribution in [0.3, 0.4) is 0 Å². The van der Waals surface area contributed by atoms with Gasteiger partial charge >= 0.3 is 0 Å². The van der Waals surface area contributed by atoms with Gasteiger partial charge in [0.2, 0.25) is 10.0 Å². The molecule has 4 heteroatoms. The highest BCUT2D eigenvalue weighted by Gasteiger charge is 2.46. The molecule has 2 aromatic carbocycles. The third kappa shape index (κ3) is 2.28. The first kappa shape index (κ1) is 14.3. The van der Waals surface area contributed by atoms with Crippen molar-refractivity contribution >= 4 is 10.0 Å². The van der Waals surface area contributed by atoms with Crippen molar-refractivity contribution in [2.45, 2.75) is 36.6 Å². The molecule has 0 fully saturated rings. The maximum atomic E-state index is 12.5. The Hall–Kier alpha value is -1.65. The lowest BCUT2D eigenvalue weighted by molar-refractivity contribution is 0.432. The summed E-state index contributed by atoms with van der Waals surface area (Å²) in [6.07, 6.45) is 2.76. The van der Waals surface area contributed by atoms with Gasteiger partial charge in [-0.2, -0.15) is 4.72 Å². The standard InChI is InChI=1S/C17H19NO2S/c1-2-3-13-17(14-9-5-4-6-10-14)15-11-7-8-12-16(15)21(19,20)18-17/h4-12,18H,2-3,13H2,1H3/t17-/m1/s1. The molecular weight excluding hydrogens is 282 g/mol. The molecule has 110 valence electrons. The van der Waals surface area contributed by atoms with Crippen LogP contribution >= 0.6 is 0 Å². The van der Waals surface area contributed by atoms with Crippen molar-refractivity contribution in [2.24, 2.45) is 0 Å². The molecule has 0 radical (unpaired) electrons. The summed E-state index contributed by atoms with van der Waals surface area (Å²) in [4.78, 5) is 0.407. The predicted molar refractivity (Wildman–Crippen MR) is 83.5 cm³/mol. The van der Waals surface area contributed by atoms with Gasteiger partial charge in [0.25, 0.3) is 0 Å². The van der Waals surface area contributed by atoms with Crippen LogP contribution in [-0.4, -0.2) is 8.42 Å². The highest BCUT2D eigenvalue weighted by molar-refractivity contribution is 7.89. The summed E-state index contributed by atoms with van der Waals surface area (Å²) in [6, 6.07) is 17.2. The van der Waals surface area contributed by atoms with E-state index < -0.39 is 15.6 Å². The summed E-state index contributed by atoms with van der Waals surface area (Å²) in [5.74, 6) is 0. The SMILES string of the molecule is CCCC[C@]1(c2ccccc2)NS(=O)(=O)c2ccccc21. The van der Waals surface area contributed by atoms with Crippen LogP contribution in [0.4, 0.5) is 0 Å². The van der Waals surface area contributed by atoms with Crippen LogP contribution in [0.2, 0.25) is 0 Å². The molecule has 1 aliphatic heterocycles. The zero-order valence-electron chi connectivity index (χ0n) is 12.0. The summed E-state index contributed by atoms with van der Waals surface area (Å²) in [7, 11) is -3.44. The maximum absolute atomic E-state index is 12.5. The van der Waals surface area contributed by atoms with E-state index in [-0.39, 0.29) is 0 Å². The largest absolute Gasteiger partial charge is 0.242 e. The van der Waals surface area contributed by atoms with Crippen molar-refractivity contribution in [2.75, 3.05) is 0 Å². The first-order valence-corrected chi connectivity index (χ1v) is 8.77. The van der Waals surface area contributed by atoms with Gasteiger partial charge < -0.3 is 0 Å². The van der Waals surface area contributed by atoms with Crippen molar-refractivity contribution in [3.63, 3.8) is 0 Å². The molecule has 3 nitrogen and oxygen atoms in total. The Kier molecular flexibility index (Phi) is 3.59. The molecule has 0 amide bonds. The van der Waals surface area contributed by atoms with Crippen molar-refractivity contribution in [1.82, 2.24) is 4.72 Å². The number of sulfonamides is 1. The van der Waals surface area contributed by atoms with Crippen LogP contribution in [0.5, 0.6) is 0 Å². The van der Waals surface area contributed by atoms with E-state index in [4.69, 9.17) is 0 Å². The Morgan fingerprint density at radius 2 is 1.67 bits per heavy atom. The molecule has 0 saturated heterocycles. The van der Waals surface area contributed by atoms with Crippen molar-refractivity contribution < 1.29 is 8.42 Å². The van der Waals surface area contributed by atoms with Crippen molar-refractivity contribution in [3.8, 4) is 0 Å². The van der Waals surface area contributed by atoms with Gasteiger partial charge in [0.15, 0.2) is 0 Å². The lowest BCUT2D eigenvalue weighted by atomic mass is 9.80. The van der Waals surface area contributed by atoms with E-state index in [0.29, 0.717) is 4.90 Å². The van der Waals surface area contributed by atoms with Crippen LogP contribution in [0, 0.1) is 0 Å². The summed E-state index contributed by atoms with van der Waals surface area (Å²) >= 11 is 0. The number of unbranched alkanes of at least 4 members (excludes halogenated alkanes) is 1. The number of fused-ring (bicyclic) bond motifs is 1. The molecule has 0 spiro atoms. The molecule has 1 aliphatic rings. The quantitative estimate of drug-likeness (QED) is 0.940. The van der Waals surface area contributed by atoms with E-state index in [2.05, 4.69) is 11.6 Å². The highest BCUT2D eigenvalue weighted by Crippen LogP contribution is 2.43. The van der Waals surface area contributed by atoms with Gasteiger partial charge in [-0.15, -0.1) is 0 Å². The van der Waals surface area contributed by atoms with E-state index in [1.54, 1.807) is 12.1 Å². The van der Waals surface area contributed by atoms with E-state index >= 15 is 0 Å². The fourth-order valence-corrected chi connectivity index (χ4v) is 4.79. The molecule has 0 aromatic heterocycles. The van der Waals surface area contributed by atoms with E-state index in [1.807, 2.05) is 42.5 Å². The minimum absolute atomic E-state index is 0.407. The highest BCUT2D eigenvalue weighted by atomic mass is 32.2. The van der Waals surface area contributed by atoms with E-state index in [0.717, 1.165) is 30.4 Å². The third-order valence-electron chi connectivity index (χ3n) is 4.12. The number of benzene rings is 2. The number of rotatable bonds is 4. The average molecular weight is 301 g/mol. The zero-order chi connectivity index (χ0) is 14.9. The van der Waals surface area contributed by atoms with E-state index in [1.165, 1.54) is 0 Å². The molecule has 1 N–H and O–H groups in total. The Morgan fingerprint density at radius 3 is 2.38 bits per heavy atom. The molecule has 0 bridgehead atoms. The Labute approximate surface area is 126 Å². The molecule has 2 aromatic rings. The second-order valence-electron chi connectivity index (χ2n) is 5.48. The first-order valence-electron chi connectivity index (χ1n) is 7.29. The Bertz CT molecular complexity index is 740. The second-order valence-corrected chi connectivity index (χ2v) is 7.13. The molecule has 3 rings (SSSR count). The van der Waals surface area contributed by atoms with Crippen LogP contribution < -0.4 is 4.72 Å². The normalized spacial score (nSPS) is 22.9. The number of nitrogens with one attached hydrogen (secondary N) is 1. The summed E-state index contributed by atoms with van der Waals surface area (Å²) in [5.41, 5.74) is 1.24. The van der Waals surface area contributed by atoms with Crippen molar-refractivity contribution in [3.05, 3.63) is 65.7 Å². The fourth-order valence-electron chi connectivity index (χ4n) is 3.10. The minimum Gasteiger partial charge on any atom is -0.207 e. The minimum atomic E-state index is -3.44. The van der Waals surface area contributed by atoms with Gasteiger partial charge in [-0.3, -0.25) is 0 Å². The fraction of sp³-hybridized carbons (Fsp3) is 0.294. The molecule has 0 saturated carbocycles. The molecular formula is C17H19NO2S. The predicted octanol–water partition coefficient (Wildman–Crippen LogP) is 3.41. The maximum Gasteiger partial charge on any atom is 0.242 e. The van der Waals surface area contributed by atoms with Gasteiger partial charge in [0.1, 0.15) is 0 Å². The topological polar surface area (TPSA) is 46.2 Å². The summed E-state index contributed by atoms with van der Waals surface area (Å²) in [5, 5.41) is 0. The third-order valence-corrected chi connectivity index (χ3v) is 5.67. The van der Waals surface area contributed by atoms with Crippen LogP contribution in [0.25, 0.3) is 0 Å². The lowest BCUT2D eigenvalue weighted by Crippen LogP contribution is -2.40. The molecule has 0 aliphatic carbocycles. The van der Waals surface area contributed by atoms with E-state index in [9.17, 15) is 8.42 Å². The van der Waals surface area contributed by atoms with Crippen LogP contribution in [0.1, 0.15) is 37.3 Å². The Balaban J connectivity index is 2.23. The Morgan fingerprint density at radius 1 is 1.00 bits per heavy atom. The molecule has 21 heavy (non-hydrogen) atoms. The van der Waals surface area contributed by atoms with Gasteiger partial charge in [-0.1, -0.05) is 68.3 Å². The molecule has 0 unspecified atom stereocenters. The van der Waals surface area contributed by atoms with Gasteiger partial charge in [0, 0.05) is 0 Å². The second kappa shape index (κ2) is 5.28. The van der Waals surface area contributed by atoms with Crippen molar-refractivity contribution in [1.29, 1.82) is 0 Å². The molecule has 1 atom stereocenters. The summed E-state index contributed by atoms with van der Waals surface area (Å²) < 4.78 is 27.9. The average Bonchev–Trinajstić information content (AvgIpc) is 2.75. The number of hydrogen-bond acceptors (Lipinski definition) is 2. The van der Waals surface area contributed by atoms with Crippen LogP contribution in [-0.2, 0) is 15.6 Å². The lowest BCUT2D eigenvalue weighted by Gasteiger charge is -2.30. The smallest absolute Gasteiger partial charge is 0.207 e.